The van der Waals surface area contributed by atoms with Gasteiger partial charge in [0, 0.05) is 22.7 Å². The molecule has 5 heteroatoms. The molecule has 3 heterocycles. The van der Waals surface area contributed by atoms with Crippen LogP contribution in [0.5, 0.6) is 0 Å². The first-order chi connectivity index (χ1) is 21.3. The molecule has 0 atom stereocenters. The highest BCUT2D eigenvalue weighted by molar-refractivity contribution is 6.14. The van der Waals surface area contributed by atoms with Gasteiger partial charge < -0.3 is 4.42 Å². The van der Waals surface area contributed by atoms with E-state index in [-0.39, 0.29) is 0 Å². The summed E-state index contributed by atoms with van der Waals surface area (Å²) < 4.78 is 6.32. The van der Waals surface area contributed by atoms with Crippen molar-refractivity contribution < 1.29 is 4.42 Å². The average Bonchev–Trinajstić information content (AvgIpc) is 3.44. The predicted molar refractivity (Wildman–Crippen MR) is 174 cm³/mol. The van der Waals surface area contributed by atoms with Gasteiger partial charge in [0.25, 0.3) is 0 Å². The van der Waals surface area contributed by atoms with Crippen LogP contribution in [0.4, 0.5) is 0 Å². The predicted octanol–water partition coefficient (Wildman–Crippen LogP) is 9.63. The van der Waals surface area contributed by atoms with Gasteiger partial charge in [-0.2, -0.15) is 0 Å². The molecule has 9 rings (SSSR count). The molecule has 3 aromatic heterocycles. The molecule has 0 aliphatic carbocycles. The van der Waals surface area contributed by atoms with Crippen LogP contribution >= 0.6 is 0 Å². The van der Waals surface area contributed by atoms with Crippen molar-refractivity contribution in [2.75, 3.05) is 0 Å². The van der Waals surface area contributed by atoms with E-state index < -0.39 is 0 Å². The van der Waals surface area contributed by atoms with Crippen molar-refractivity contribution in [1.29, 1.82) is 0 Å². The Bertz CT molecular complexity index is 2520. The number of furan rings is 1. The molecule has 200 valence electrons. The minimum atomic E-state index is 0.504. The molecule has 0 N–H and O–H groups in total. The summed E-state index contributed by atoms with van der Waals surface area (Å²) in [6.07, 6.45) is 1.76. The summed E-state index contributed by atoms with van der Waals surface area (Å²) in [5, 5.41) is 8.91. The summed E-state index contributed by atoms with van der Waals surface area (Å²) in [6.45, 7) is 0. The average molecular weight is 551 g/mol. The Morgan fingerprint density at radius 2 is 1.09 bits per heavy atom. The second-order valence-electron chi connectivity index (χ2n) is 10.7. The Morgan fingerprint density at radius 3 is 1.95 bits per heavy atom. The van der Waals surface area contributed by atoms with Crippen LogP contribution in [0.15, 0.2) is 138 Å². The first-order valence-electron chi connectivity index (χ1n) is 14.2. The number of nitrogens with zero attached hydrogens (tertiary/aromatic N) is 4. The fourth-order valence-electron chi connectivity index (χ4n) is 6.06. The summed E-state index contributed by atoms with van der Waals surface area (Å²) in [6, 6.07) is 43.6. The number of fused-ring (bicyclic) bond motifs is 7. The maximum Gasteiger partial charge on any atom is 0.183 e. The van der Waals surface area contributed by atoms with Crippen LogP contribution in [0.25, 0.3) is 88.5 Å². The van der Waals surface area contributed by atoms with Crippen LogP contribution in [-0.4, -0.2) is 19.9 Å². The molecule has 0 saturated heterocycles. The molecule has 0 aliphatic rings. The van der Waals surface area contributed by atoms with Crippen LogP contribution in [0.3, 0.4) is 0 Å². The number of aromatic nitrogens is 4. The molecule has 43 heavy (non-hydrogen) atoms. The fraction of sp³-hybridized carbons (Fsp3) is 0. The van der Waals surface area contributed by atoms with E-state index in [1.165, 1.54) is 16.2 Å². The van der Waals surface area contributed by atoms with E-state index in [4.69, 9.17) is 24.4 Å². The highest BCUT2D eigenvalue weighted by Crippen LogP contribution is 2.37. The standard InChI is InChI=1S/C38H22N4O/c1-2-9-24(10-3-1)36-40-37(28-16-17-30-27(20-28)15-14-23-8-6-7-13-29(23)30)42-38(41-36)35-34-31-21-25-11-4-5-12-26(25)22-33(31)43-32(34)18-19-39-35/h1-22H. The maximum absolute atomic E-state index is 6.32. The van der Waals surface area contributed by atoms with E-state index in [0.29, 0.717) is 23.2 Å². The van der Waals surface area contributed by atoms with Crippen LogP contribution in [0.1, 0.15) is 0 Å². The molecular formula is C38H22N4O. The fourth-order valence-corrected chi connectivity index (χ4v) is 6.06. The maximum atomic E-state index is 6.32. The second-order valence-corrected chi connectivity index (χ2v) is 10.7. The van der Waals surface area contributed by atoms with E-state index in [0.717, 1.165) is 49.2 Å². The zero-order valence-corrected chi connectivity index (χ0v) is 22.9. The third kappa shape index (κ3) is 3.86. The number of pyridine rings is 1. The molecule has 0 amide bonds. The Labute approximate surface area is 246 Å². The normalized spacial score (nSPS) is 11.7. The Hall–Kier alpha value is -5.94. The molecule has 0 radical (unpaired) electrons. The van der Waals surface area contributed by atoms with E-state index in [1.807, 2.05) is 48.5 Å². The molecule has 0 bridgehead atoms. The molecule has 5 nitrogen and oxygen atoms in total. The zero-order valence-electron chi connectivity index (χ0n) is 22.9. The van der Waals surface area contributed by atoms with Crippen molar-refractivity contribution in [2.45, 2.75) is 0 Å². The van der Waals surface area contributed by atoms with E-state index in [2.05, 4.69) is 78.9 Å². The Balaban J connectivity index is 1.30. The van der Waals surface area contributed by atoms with Gasteiger partial charge in [-0.25, -0.2) is 15.0 Å². The molecule has 0 spiro atoms. The summed E-state index contributed by atoms with van der Waals surface area (Å²) in [5.41, 5.74) is 4.05. The zero-order chi connectivity index (χ0) is 28.3. The smallest absolute Gasteiger partial charge is 0.183 e. The number of benzene rings is 6. The van der Waals surface area contributed by atoms with E-state index in [1.54, 1.807) is 6.20 Å². The summed E-state index contributed by atoms with van der Waals surface area (Å²) in [5.74, 6) is 1.69. The molecule has 0 aliphatic heterocycles. The minimum absolute atomic E-state index is 0.504. The molecular weight excluding hydrogens is 528 g/mol. The largest absolute Gasteiger partial charge is 0.456 e. The van der Waals surface area contributed by atoms with Gasteiger partial charge in [-0.15, -0.1) is 0 Å². The van der Waals surface area contributed by atoms with Gasteiger partial charge in [-0.3, -0.25) is 4.98 Å². The van der Waals surface area contributed by atoms with Crippen molar-refractivity contribution in [3.8, 4) is 34.3 Å². The van der Waals surface area contributed by atoms with Crippen molar-refractivity contribution >= 4 is 54.3 Å². The molecule has 0 fully saturated rings. The van der Waals surface area contributed by atoms with Crippen molar-refractivity contribution in [3.05, 3.63) is 134 Å². The highest BCUT2D eigenvalue weighted by Gasteiger charge is 2.19. The van der Waals surface area contributed by atoms with Gasteiger partial charge in [0.05, 0.1) is 5.39 Å². The van der Waals surface area contributed by atoms with Gasteiger partial charge in [-0.05, 0) is 56.6 Å². The van der Waals surface area contributed by atoms with Gasteiger partial charge in [0.15, 0.2) is 17.5 Å². The first-order valence-corrected chi connectivity index (χ1v) is 14.2. The van der Waals surface area contributed by atoms with Crippen LogP contribution < -0.4 is 0 Å². The van der Waals surface area contributed by atoms with Crippen LogP contribution in [0, 0.1) is 0 Å². The molecule has 6 aromatic carbocycles. The van der Waals surface area contributed by atoms with Gasteiger partial charge in [-0.1, -0.05) is 103 Å². The third-order valence-corrected chi connectivity index (χ3v) is 8.13. The van der Waals surface area contributed by atoms with Crippen molar-refractivity contribution in [3.63, 3.8) is 0 Å². The van der Waals surface area contributed by atoms with E-state index >= 15 is 0 Å². The quantitative estimate of drug-likeness (QED) is 0.205. The summed E-state index contributed by atoms with van der Waals surface area (Å²) in [4.78, 5) is 19.8. The lowest BCUT2D eigenvalue weighted by Gasteiger charge is -2.10. The topological polar surface area (TPSA) is 64.7 Å². The SMILES string of the molecule is c1ccc(-c2nc(-c3ccc4c(ccc5ccccc54)c3)nc(-c3nccc4oc5cc6ccccc6cc5c34)n2)cc1. The van der Waals surface area contributed by atoms with Crippen LogP contribution in [-0.2, 0) is 0 Å². The van der Waals surface area contributed by atoms with Crippen LogP contribution in [0.2, 0.25) is 0 Å². The van der Waals surface area contributed by atoms with Crippen molar-refractivity contribution in [1.82, 2.24) is 19.9 Å². The van der Waals surface area contributed by atoms with Gasteiger partial charge in [0.2, 0.25) is 0 Å². The molecule has 0 unspecified atom stereocenters. The first kappa shape index (κ1) is 23.7. The monoisotopic (exact) mass is 550 g/mol. The van der Waals surface area contributed by atoms with Crippen molar-refractivity contribution in [2.24, 2.45) is 0 Å². The number of hydrogen-bond acceptors (Lipinski definition) is 5. The summed E-state index contributed by atoms with van der Waals surface area (Å²) in [7, 11) is 0. The van der Waals surface area contributed by atoms with Gasteiger partial charge in [0.1, 0.15) is 16.9 Å². The minimum Gasteiger partial charge on any atom is -0.456 e. The number of rotatable bonds is 3. The van der Waals surface area contributed by atoms with Gasteiger partial charge >= 0.3 is 0 Å². The molecule has 0 saturated carbocycles. The Morgan fingerprint density at radius 1 is 0.419 bits per heavy atom. The second kappa shape index (κ2) is 9.29. The summed E-state index contributed by atoms with van der Waals surface area (Å²) >= 11 is 0. The lowest BCUT2D eigenvalue weighted by Crippen LogP contribution is -2.01. The van der Waals surface area contributed by atoms with E-state index in [9.17, 15) is 0 Å². The number of hydrogen-bond donors (Lipinski definition) is 0. The lowest BCUT2D eigenvalue weighted by atomic mass is 10.00. The Kier molecular flexibility index (Phi) is 5.13. The lowest BCUT2D eigenvalue weighted by molar-refractivity contribution is 0.669. The highest BCUT2D eigenvalue weighted by atomic mass is 16.3. The third-order valence-electron chi connectivity index (χ3n) is 8.13. The molecule has 9 aromatic rings.